The molecule has 4 aromatic rings. The summed E-state index contributed by atoms with van der Waals surface area (Å²) < 4.78 is 25.9. The predicted molar refractivity (Wildman–Crippen MR) is 225 cm³/mol. The largest absolute Gasteiger partial charge is 0.490 e. The van der Waals surface area contributed by atoms with E-state index in [4.69, 9.17) is 18.9 Å². The molecule has 4 rings (SSSR count). The molecule has 0 radical (unpaired) electrons. The van der Waals surface area contributed by atoms with Crippen molar-refractivity contribution < 1.29 is 38.1 Å². The third kappa shape index (κ3) is 15.0. The summed E-state index contributed by atoms with van der Waals surface area (Å²) >= 11 is 0. The van der Waals surface area contributed by atoms with Gasteiger partial charge in [0.15, 0.2) is 0 Å². The van der Waals surface area contributed by atoms with Crippen LogP contribution in [0.5, 0.6) is 23.0 Å². The molecule has 0 atom stereocenters. The maximum Gasteiger partial charge on any atom is 0.240 e. The molecule has 0 fully saturated rings. The second kappa shape index (κ2) is 25.1. The molecular weight excluding hydrogens is 737 g/mol. The molecule has 0 saturated carbocycles. The number of aliphatic imine (C=N–C) groups is 2. The van der Waals surface area contributed by atoms with Gasteiger partial charge in [-0.1, -0.05) is 107 Å². The number of isocyanates is 2. The Kier molecular flexibility index (Phi) is 19.3. The first-order valence-electron chi connectivity index (χ1n) is 20.0. The van der Waals surface area contributed by atoms with Gasteiger partial charge in [-0.2, -0.15) is 9.98 Å². The van der Waals surface area contributed by atoms with Gasteiger partial charge in [0.25, 0.3) is 0 Å². The average molecular weight is 791 g/mol. The van der Waals surface area contributed by atoms with E-state index in [1.807, 2.05) is 24.3 Å². The number of ether oxygens (including phenoxy) is 4. The van der Waals surface area contributed by atoms with Gasteiger partial charge in [0, 0.05) is 12.8 Å². The molecule has 12 heteroatoms. The number of anilines is 2. The minimum Gasteiger partial charge on any atom is -0.490 e. The van der Waals surface area contributed by atoms with E-state index in [1.165, 1.54) is 0 Å². The minimum atomic E-state index is -1.15. The fraction of sp³-hybridized carbons (Fsp3) is 0.391. The van der Waals surface area contributed by atoms with Crippen LogP contribution in [0.25, 0.3) is 0 Å². The molecule has 12 nitrogen and oxygen atoms in total. The summed E-state index contributed by atoms with van der Waals surface area (Å²) in [5, 5.41) is 6.00. The Bertz CT molecular complexity index is 1920. The lowest BCUT2D eigenvalue weighted by Crippen LogP contribution is -2.45. The fourth-order valence-corrected chi connectivity index (χ4v) is 6.03. The van der Waals surface area contributed by atoms with Crippen LogP contribution in [0.4, 0.5) is 22.7 Å². The van der Waals surface area contributed by atoms with Crippen LogP contribution in [-0.4, -0.2) is 50.4 Å². The van der Waals surface area contributed by atoms with E-state index >= 15 is 0 Å². The van der Waals surface area contributed by atoms with Crippen molar-refractivity contribution in [3.8, 4) is 23.0 Å². The molecule has 0 bridgehead atoms. The van der Waals surface area contributed by atoms with Crippen molar-refractivity contribution in [2.75, 3.05) is 37.1 Å². The van der Waals surface area contributed by atoms with Gasteiger partial charge in [-0.15, -0.1) is 0 Å². The zero-order valence-corrected chi connectivity index (χ0v) is 33.5. The number of hydrogen-bond acceptors (Lipinski definition) is 10. The first kappa shape index (κ1) is 44.5. The minimum absolute atomic E-state index is 0.0684. The number of para-hydroxylation sites is 8. The number of nitrogens with zero attached hydrogens (tertiary/aromatic N) is 2. The molecule has 0 aliphatic rings. The molecule has 0 heterocycles. The lowest BCUT2D eigenvalue weighted by atomic mass is 9.92. The zero-order valence-electron chi connectivity index (χ0n) is 33.5. The summed E-state index contributed by atoms with van der Waals surface area (Å²) in [6.45, 7) is 3.96. The Balaban J connectivity index is 1.68. The first-order chi connectivity index (χ1) is 28.4. The number of hydrogen-bond donors (Lipinski definition) is 2. The summed E-state index contributed by atoms with van der Waals surface area (Å²) in [5.41, 5.74) is 0.396. The smallest absolute Gasteiger partial charge is 0.240 e. The SMILES string of the molecule is CCCCCCCC(=O)Nc1ccccc1OCC(COc1ccccc1N=C=O)(COc1ccccc1N=C=O)COc1ccccc1NC(=O)CCCCCC. The highest BCUT2D eigenvalue weighted by molar-refractivity contribution is 5.92. The van der Waals surface area contributed by atoms with Crippen LogP contribution in [-0.2, 0) is 19.2 Å². The molecule has 0 aliphatic heterocycles. The van der Waals surface area contributed by atoms with Crippen molar-refractivity contribution in [1.82, 2.24) is 0 Å². The van der Waals surface area contributed by atoms with Crippen LogP contribution in [0, 0.1) is 5.41 Å². The van der Waals surface area contributed by atoms with Crippen molar-refractivity contribution in [1.29, 1.82) is 0 Å². The third-order valence-electron chi connectivity index (χ3n) is 9.29. The van der Waals surface area contributed by atoms with Crippen LogP contribution in [0.1, 0.15) is 84.5 Å². The van der Waals surface area contributed by atoms with Crippen LogP contribution < -0.4 is 29.6 Å². The van der Waals surface area contributed by atoms with Gasteiger partial charge in [-0.05, 0) is 61.4 Å². The number of carbonyl (C=O) groups excluding carboxylic acids is 4. The Morgan fingerprint density at radius 3 is 1.26 bits per heavy atom. The Labute approximate surface area is 341 Å². The normalized spacial score (nSPS) is 11.6. The molecule has 2 N–H and O–H groups in total. The van der Waals surface area contributed by atoms with Crippen molar-refractivity contribution in [3.05, 3.63) is 97.1 Å². The van der Waals surface area contributed by atoms with Gasteiger partial charge < -0.3 is 29.6 Å². The van der Waals surface area contributed by atoms with E-state index in [1.54, 1.807) is 85.0 Å². The molecule has 0 unspecified atom stereocenters. The quantitative estimate of drug-likeness (QED) is 0.0344. The number of amides is 2. The van der Waals surface area contributed by atoms with E-state index in [-0.39, 0.29) is 49.6 Å². The van der Waals surface area contributed by atoms with E-state index in [0.717, 1.165) is 57.8 Å². The van der Waals surface area contributed by atoms with Gasteiger partial charge in [-0.3, -0.25) is 9.59 Å². The molecule has 0 aromatic heterocycles. The molecule has 0 aliphatic carbocycles. The van der Waals surface area contributed by atoms with Crippen molar-refractivity contribution in [2.24, 2.45) is 15.4 Å². The number of carbonyl (C=O) groups is 2. The van der Waals surface area contributed by atoms with E-state index < -0.39 is 5.41 Å². The van der Waals surface area contributed by atoms with E-state index in [0.29, 0.717) is 47.2 Å². The fourth-order valence-electron chi connectivity index (χ4n) is 6.03. The molecule has 2 amide bonds. The Hall–Kier alpha value is -6.22. The van der Waals surface area contributed by atoms with Crippen molar-refractivity contribution in [2.45, 2.75) is 84.5 Å². The zero-order chi connectivity index (χ0) is 41.3. The summed E-state index contributed by atoms with van der Waals surface area (Å²) in [6.07, 6.45) is 12.9. The molecular formula is C46H54N4O8. The van der Waals surface area contributed by atoms with Crippen LogP contribution in [0.2, 0.25) is 0 Å². The molecule has 0 saturated heterocycles. The number of unbranched alkanes of at least 4 members (excludes halogenated alkanes) is 7. The third-order valence-corrected chi connectivity index (χ3v) is 9.29. The maximum atomic E-state index is 13.0. The number of benzene rings is 4. The summed E-state index contributed by atoms with van der Waals surface area (Å²) in [5.74, 6) is 1.22. The highest BCUT2D eigenvalue weighted by Crippen LogP contribution is 2.35. The van der Waals surface area contributed by atoms with E-state index in [2.05, 4.69) is 34.5 Å². The highest BCUT2D eigenvalue weighted by Gasteiger charge is 2.37. The molecule has 58 heavy (non-hydrogen) atoms. The van der Waals surface area contributed by atoms with Gasteiger partial charge in [0.1, 0.15) is 66.2 Å². The standard InChI is InChI=1S/C46H54N4O8/c1-3-5-7-9-11-29-45(54)50-39-23-15-19-27-43(39)58-33-46(30-55-40-24-16-12-20-36(40)47-34-51,31-56-41-25-17-13-21-37(41)48-35-52)32-57-42-26-18-14-22-38(42)49-44(53)28-10-8-6-4-2/h12-27H,3-11,28-33H2,1-2H3,(H,49,53)(H,50,54). The van der Waals surface area contributed by atoms with Crippen molar-refractivity contribution >= 4 is 46.7 Å². The van der Waals surface area contributed by atoms with Crippen LogP contribution in [0.15, 0.2) is 107 Å². The molecule has 306 valence electrons. The number of rotatable bonds is 27. The maximum absolute atomic E-state index is 13.0. The Morgan fingerprint density at radius 2 is 0.845 bits per heavy atom. The number of nitrogens with one attached hydrogen (secondary N) is 2. The van der Waals surface area contributed by atoms with Crippen LogP contribution in [0.3, 0.4) is 0 Å². The van der Waals surface area contributed by atoms with Gasteiger partial charge >= 0.3 is 0 Å². The lowest BCUT2D eigenvalue weighted by molar-refractivity contribution is -0.117. The topological polar surface area (TPSA) is 154 Å². The summed E-state index contributed by atoms with van der Waals surface area (Å²) in [4.78, 5) is 56.2. The second-order valence-corrected chi connectivity index (χ2v) is 14.1. The summed E-state index contributed by atoms with van der Waals surface area (Å²) in [7, 11) is 0. The van der Waals surface area contributed by atoms with Crippen molar-refractivity contribution in [3.63, 3.8) is 0 Å². The average Bonchev–Trinajstić information content (AvgIpc) is 3.24. The van der Waals surface area contributed by atoms with Gasteiger partial charge in [0.05, 0.1) is 11.4 Å². The highest BCUT2D eigenvalue weighted by atomic mass is 16.5. The second-order valence-electron chi connectivity index (χ2n) is 14.1. The van der Waals surface area contributed by atoms with E-state index in [9.17, 15) is 19.2 Å². The van der Waals surface area contributed by atoms with Gasteiger partial charge in [-0.25, -0.2) is 9.59 Å². The first-order valence-corrected chi connectivity index (χ1v) is 20.0. The monoisotopic (exact) mass is 790 g/mol. The predicted octanol–water partition coefficient (Wildman–Crippen LogP) is 10.4. The lowest BCUT2D eigenvalue weighted by Gasteiger charge is -2.33. The van der Waals surface area contributed by atoms with Crippen LogP contribution >= 0.6 is 0 Å². The Morgan fingerprint density at radius 1 is 0.500 bits per heavy atom. The summed E-state index contributed by atoms with van der Waals surface area (Å²) in [6, 6.07) is 27.9. The molecule has 4 aromatic carbocycles. The molecule has 0 spiro atoms. The van der Waals surface area contributed by atoms with Gasteiger partial charge in [0.2, 0.25) is 24.0 Å².